The van der Waals surface area contributed by atoms with Gasteiger partial charge in [0.2, 0.25) is 0 Å². The lowest BCUT2D eigenvalue weighted by molar-refractivity contribution is 0.0712. The lowest BCUT2D eigenvalue weighted by Crippen LogP contribution is -2.27. The van der Waals surface area contributed by atoms with Crippen LogP contribution in [-0.4, -0.2) is 23.7 Å². The number of hydrogen-bond donors (Lipinski definition) is 0. The minimum atomic E-state index is -0.170. The first-order chi connectivity index (χ1) is 15.2. The molecule has 0 fully saturated rings. The summed E-state index contributed by atoms with van der Waals surface area (Å²) in [7, 11) is 1.62. The van der Waals surface area contributed by atoms with Crippen LogP contribution in [0.25, 0.3) is 10.8 Å². The highest BCUT2D eigenvalue weighted by molar-refractivity contribution is 6.05. The van der Waals surface area contributed by atoms with Crippen molar-refractivity contribution in [2.45, 2.75) is 12.5 Å². The minimum absolute atomic E-state index is 0.119. The van der Waals surface area contributed by atoms with Crippen LogP contribution in [0.4, 0.5) is 0 Å². The molecule has 0 bridgehead atoms. The molecule has 4 aromatic carbocycles. The molecule has 31 heavy (non-hydrogen) atoms. The number of nitrogens with zero attached hydrogens (tertiary/aromatic N) is 2. The van der Waals surface area contributed by atoms with Gasteiger partial charge in [-0.2, -0.15) is 5.10 Å². The summed E-state index contributed by atoms with van der Waals surface area (Å²) < 4.78 is 5.24. The second-order valence-corrected chi connectivity index (χ2v) is 7.58. The minimum Gasteiger partial charge on any atom is -0.497 e. The van der Waals surface area contributed by atoms with Crippen LogP contribution >= 0.6 is 0 Å². The van der Waals surface area contributed by atoms with Gasteiger partial charge in [-0.15, -0.1) is 0 Å². The molecule has 0 aliphatic carbocycles. The van der Waals surface area contributed by atoms with Gasteiger partial charge in [-0.1, -0.05) is 72.8 Å². The first kappa shape index (κ1) is 19.1. The maximum absolute atomic E-state index is 13.5. The smallest absolute Gasteiger partial charge is 0.274 e. The van der Waals surface area contributed by atoms with Crippen LogP contribution in [0.2, 0.25) is 0 Å². The summed E-state index contributed by atoms with van der Waals surface area (Å²) in [5, 5.41) is 8.76. The van der Waals surface area contributed by atoms with Crippen molar-refractivity contribution in [1.82, 2.24) is 5.01 Å². The lowest BCUT2D eigenvalue weighted by Gasteiger charge is -2.23. The van der Waals surface area contributed by atoms with Crippen LogP contribution < -0.4 is 4.74 Å². The fourth-order valence-corrected chi connectivity index (χ4v) is 4.15. The van der Waals surface area contributed by atoms with Gasteiger partial charge in [-0.05, 0) is 46.2 Å². The number of fused-ring (bicyclic) bond motifs is 1. The van der Waals surface area contributed by atoms with Gasteiger partial charge in [-0.3, -0.25) is 4.79 Å². The third kappa shape index (κ3) is 3.57. The Morgan fingerprint density at radius 3 is 2.35 bits per heavy atom. The standard InChI is InChI=1S/C27H22N2O2/c1-31-22-16-14-21(15-17-22)27(30)29-26(18-25(28-29)20-9-3-2-4-10-20)24-13-7-11-19-8-5-6-12-23(19)24/h2-17,26H,18H2,1H3. The second kappa shape index (κ2) is 8.07. The highest BCUT2D eigenvalue weighted by Crippen LogP contribution is 2.37. The van der Waals surface area contributed by atoms with Crippen molar-refractivity contribution in [2.24, 2.45) is 5.10 Å². The van der Waals surface area contributed by atoms with Crippen LogP contribution in [0.3, 0.4) is 0 Å². The molecular formula is C27H22N2O2. The van der Waals surface area contributed by atoms with E-state index in [1.54, 1.807) is 36.4 Å². The topological polar surface area (TPSA) is 41.9 Å². The Bertz CT molecular complexity index is 1260. The lowest BCUT2D eigenvalue weighted by atomic mass is 9.94. The molecule has 0 spiro atoms. The second-order valence-electron chi connectivity index (χ2n) is 7.58. The summed E-state index contributed by atoms with van der Waals surface area (Å²) in [5.74, 6) is 0.601. The summed E-state index contributed by atoms with van der Waals surface area (Å²) in [6.07, 6.45) is 0.667. The summed E-state index contributed by atoms with van der Waals surface area (Å²) in [5.41, 5.74) is 3.65. The van der Waals surface area contributed by atoms with Crippen molar-refractivity contribution >= 4 is 22.4 Å². The van der Waals surface area contributed by atoms with Crippen LogP contribution in [0.15, 0.2) is 102 Å². The number of amides is 1. The van der Waals surface area contributed by atoms with E-state index in [0.717, 1.165) is 33.4 Å². The fourth-order valence-electron chi connectivity index (χ4n) is 4.15. The van der Waals surface area contributed by atoms with E-state index in [-0.39, 0.29) is 11.9 Å². The van der Waals surface area contributed by atoms with E-state index in [1.807, 2.05) is 48.5 Å². The maximum Gasteiger partial charge on any atom is 0.274 e. The molecule has 1 unspecified atom stereocenters. The molecule has 5 rings (SSSR count). The highest BCUT2D eigenvalue weighted by Gasteiger charge is 2.34. The monoisotopic (exact) mass is 406 g/mol. The summed E-state index contributed by atoms with van der Waals surface area (Å²) in [4.78, 5) is 13.5. The maximum atomic E-state index is 13.5. The molecule has 4 nitrogen and oxygen atoms in total. The zero-order chi connectivity index (χ0) is 21.2. The predicted molar refractivity (Wildman–Crippen MR) is 123 cm³/mol. The zero-order valence-electron chi connectivity index (χ0n) is 17.2. The third-order valence-corrected chi connectivity index (χ3v) is 5.74. The van der Waals surface area contributed by atoms with Crippen LogP contribution in [0.5, 0.6) is 5.75 Å². The molecule has 1 aliphatic rings. The Hall–Kier alpha value is -3.92. The molecule has 0 saturated carbocycles. The number of hydrogen-bond acceptors (Lipinski definition) is 3. The number of rotatable bonds is 4. The van der Waals surface area contributed by atoms with Crippen LogP contribution in [0, 0.1) is 0 Å². The average Bonchev–Trinajstić information content (AvgIpc) is 3.29. The molecule has 1 aliphatic heterocycles. The Balaban J connectivity index is 1.59. The molecule has 4 heteroatoms. The zero-order valence-corrected chi connectivity index (χ0v) is 17.2. The number of carbonyl (C=O) groups excluding carboxylic acids is 1. The molecule has 0 aromatic heterocycles. The van der Waals surface area contributed by atoms with Crippen molar-refractivity contribution in [3.63, 3.8) is 0 Å². The molecule has 0 radical (unpaired) electrons. The first-order valence-corrected chi connectivity index (χ1v) is 10.3. The molecule has 152 valence electrons. The van der Waals surface area contributed by atoms with E-state index in [2.05, 4.69) is 24.3 Å². The Kier molecular flexibility index (Phi) is 4.97. The predicted octanol–water partition coefficient (Wildman–Crippen LogP) is 5.84. The van der Waals surface area contributed by atoms with Gasteiger partial charge < -0.3 is 4.74 Å². The van der Waals surface area contributed by atoms with Crippen molar-refractivity contribution in [2.75, 3.05) is 7.11 Å². The van der Waals surface area contributed by atoms with Crippen molar-refractivity contribution in [3.05, 3.63) is 114 Å². The van der Waals surface area contributed by atoms with Gasteiger partial charge in [0.05, 0.1) is 18.9 Å². The Morgan fingerprint density at radius 1 is 0.871 bits per heavy atom. The molecule has 0 saturated heterocycles. The Morgan fingerprint density at radius 2 is 1.58 bits per heavy atom. The fraction of sp³-hybridized carbons (Fsp3) is 0.111. The molecule has 1 heterocycles. The quantitative estimate of drug-likeness (QED) is 0.427. The average molecular weight is 406 g/mol. The van der Waals surface area contributed by atoms with E-state index >= 15 is 0 Å². The largest absolute Gasteiger partial charge is 0.497 e. The number of carbonyl (C=O) groups is 1. The molecule has 1 amide bonds. The van der Waals surface area contributed by atoms with E-state index in [9.17, 15) is 4.79 Å². The van der Waals surface area contributed by atoms with E-state index < -0.39 is 0 Å². The van der Waals surface area contributed by atoms with Gasteiger partial charge in [0.25, 0.3) is 5.91 Å². The van der Waals surface area contributed by atoms with Crippen LogP contribution in [-0.2, 0) is 0 Å². The van der Waals surface area contributed by atoms with E-state index in [4.69, 9.17) is 9.84 Å². The number of hydrazone groups is 1. The van der Waals surface area contributed by atoms with Crippen molar-refractivity contribution in [1.29, 1.82) is 0 Å². The summed E-state index contributed by atoms with van der Waals surface area (Å²) >= 11 is 0. The molecule has 1 atom stereocenters. The normalized spacial score (nSPS) is 15.7. The van der Waals surface area contributed by atoms with Gasteiger partial charge >= 0.3 is 0 Å². The number of ether oxygens (including phenoxy) is 1. The van der Waals surface area contributed by atoms with Gasteiger partial charge in [0, 0.05) is 12.0 Å². The Labute approximate surface area is 181 Å². The number of benzene rings is 4. The van der Waals surface area contributed by atoms with Crippen LogP contribution in [0.1, 0.15) is 33.9 Å². The summed E-state index contributed by atoms with van der Waals surface area (Å²) in [6, 6.07) is 31.6. The van der Waals surface area contributed by atoms with Crippen molar-refractivity contribution < 1.29 is 9.53 Å². The molecule has 0 N–H and O–H groups in total. The molecular weight excluding hydrogens is 384 g/mol. The SMILES string of the molecule is COc1ccc(C(=O)N2N=C(c3ccccc3)CC2c2cccc3ccccc23)cc1. The third-order valence-electron chi connectivity index (χ3n) is 5.74. The van der Waals surface area contributed by atoms with E-state index in [0.29, 0.717) is 12.0 Å². The van der Waals surface area contributed by atoms with Gasteiger partial charge in [0.1, 0.15) is 5.75 Å². The number of methoxy groups -OCH3 is 1. The summed E-state index contributed by atoms with van der Waals surface area (Å²) in [6.45, 7) is 0. The van der Waals surface area contributed by atoms with Gasteiger partial charge in [-0.25, -0.2) is 5.01 Å². The molecule has 4 aromatic rings. The van der Waals surface area contributed by atoms with Gasteiger partial charge in [0.15, 0.2) is 0 Å². The van der Waals surface area contributed by atoms with E-state index in [1.165, 1.54) is 0 Å². The first-order valence-electron chi connectivity index (χ1n) is 10.3. The highest BCUT2D eigenvalue weighted by atomic mass is 16.5. The van der Waals surface area contributed by atoms with Crippen molar-refractivity contribution in [3.8, 4) is 5.75 Å².